The molecule has 1 aromatic carbocycles. The second-order valence-corrected chi connectivity index (χ2v) is 8.07. The third kappa shape index (κ3) is 5.02. The van der Waals surface area contributed by atoms with Crippen LogP contribution >= 0.6 is 0 Å². The fraction of sp³-hybridized carbons (Fsp3) is 0.263. The molecule has 3 N–H and O–H groups in total. The highest BCUT2D eigenvalue weighted by Gasteiger charge is 2.17. The fourth-order valence-corrected chi connectivity index (χ4v) is 3.44. The van der Waals surface area contributed by atoms with E-state index in [-0.39, 0.29) is 11.6 Å². The van der Waals surface area contributed by atoms with Crippen molar-refractivity contribution in [1.29, 1.82) is 0 Å². The van der Waals surface area contributed by atoms with E-state index in [1.54, 1.807) is 12.3 Å². The zero-order chi connectivity index (χ0) is 20.1. The maximum absolute atomic E-state index is 12.1. The molecule has 8 nitrogen and oxygen atoms in total. The van der Waals surface area contributed by atoms with E-state index >= 15 is 0 Å². The summed E-state index contributed by atoms with van der Waals surface area (Å²) in [5, 5.41) is 17.8. The summed E-state index contributed by atoms with van der Waals surface area (Å²) in [5.74, 6) is 1.16. The van der Waals surface area contributed by atoms with Crippen LogP contribution in [-0.2, 0) is 16.4 Å². The number of nitrogens with one attached hydrogen (secondary N) is 1. The molecular formula is C19H21N3O5S. The Morgan fingerprint density at radius 1 is 1.11 bits per heavy atom. The lowest BCUT2D eigenvalue weighted by Gasteiger charge is -2.09. The SMILES string of the molecule is Cc1ccc(-c2cnc(Cc3ccc(S(=O)(=O)NCC(O)CO)nc3)o2)cc1. The molecule has 0 fully saturated rings. The molecule has 28 heavy (non-hydrogen) atoms. The van der Waals surface area contributed by atoms with Gasteiger partial charge in [0.25, 0.3) is 10.0 Å². The Kier molecular flexibility index (Phi) is 6.20. The number of pyridine rings is 1. The van der Waals surface area contributed by atoms with Gasteiger partial charge in [0, 0.05) is 18.3 Å². The van der Waals surface area contributed by atoms with Gasteiger partial charge < -0.3 is 14.6 Å². The number of aliphatic hydroxyl groups excluding tert-OH is 2. The van der Waals surface area contributed by atoms with Crippen LogP contribution in [0.4, 0.5) is 0 Å². The van der Waals surface area contributed by atoms with Crippen LogP contribution in [0, 0.1) is 6.92 Å². The zero-order valence-corrected chi connectivity index (χ0v) is 16.1. The lowest BCUT2D eigenvalue weighted by atomic mass is 10.1. The summed E-state index contributed by atoms with van der Waals surface area (Å²) in [7, 11) is -3.86. The molecule has 0 amide bonds. The summed E-state index contributed by atoms with van der Waals surface area (Å²) >= 11 is 0. The molecule has 9 heteroatoms. The first kappa shape index (κ1) is 20.2. The van der Waals surface area contributed by atoms with Crippen molar-refractivity contribution in [2.45, 2.75) is 24.5 Å². The van der Waals surface area contributed by atoms with Gasteiger partial charge in [0.15, 0.2) is 16.7 Å². The van der Waals surface area contributed by atoms with Crippen LogP contribution < -0.4 is 4.72 Å². The Labute approximate surface area is 163 Å². The van der Waals surface area contributed by atoms with Crippen LogP contribution in [0.5, 0.6) is 0 Å². The number of aliphatic hydroxyl groups is 2. The third-order valence-corrected chi connectivity index (χ3v) is 5.38. The van der Waals surface area contributed by atoms with Gasteiger partial charge in [-0.3, -0.25) is 0 Å². The number of sulfonamides is 1. The van der Waals surface area contributed by atoms with E-state index in [0.717, 1.165) is 16.7 Å². The molecular weight excluding hydrogens is 382 g/mol. The Hall–Kier alpha value is -2.59. The van der Waals surface area contributed by atoms with Crippen molar-refractivity contribution in [2.75, 3.05) is 13.2 Å². The summed E-state index contributed by atoms with van der Waals surface area (Å²) in [4.78, 5) is 8.22. The standard InChI is InChI=1S/C19H21N3O5S/c1-13-2-5-15(6-3-13)17-11-20-18(27-17)8-14-4-7-19(21-9-14)28(25,26)22-10-16(24)12-23/h2-7,9,11,16,22-24H,8,10,12H2,1H3. The second kappa shape index (κ2) is 8.61. The summed E-state index contributed by atoms with van der Waals surface area (Å²) in [6.45, 7) is 1.19. The Morgan fingerprint density at radius 3 is 2.50 bits per heavy atom. The minimum atomic E-state index is -3.86. The Morgan fingerprint density at radius 2 is 1.86 bits per heavy atom. The smallest absolute Gasteiger partial charge is 0.258 e. The quantitative estimate of drug-likeness (QED) is 0.517. The van der Waals surface area contributed by atoms with Gasteiger partial charge in [-0.05, 0) is 18.6 Å². The van der Waals surface area contributed by atoms with Crippen LogP contribution in [0.1, 0.15) is 17.0 Å². The summed E-state index contributed by atoms with van der Waals surface area (Å²) in [5.41, 5.74) is 2.83. The molecule has 0 spiro atoms. The number of hydrogen-bond acceptors (Lipinski definition) is 7. The van der Waals surface area contributed by atoms with Crippen molar-refractivity contribution >= 4 is 10.0 Å². The lowest BCUT2D eigenvalue weighted by molar-refractivity contribution is 0.0988. The van der Waals surface area contributed by atoms with Crippen LogP contribution in [0.15, 0.2) is 58.2 Å². The molecule has 148 valence electrons. The van der Waals surface area contributed by atoms with E-state index in [1.165, 1.54) is 12.3 Å². The third-order valence-electron chi connectivity index (χ3n) is 4.04. The van der Waals surface area contributed by atoms with Crippen LogP contribution in [0.3, 0.4) is 0 Å². The van der Waals surface area contributed by atoms with E-state index in [4.69, 9.17) is 9.52 Å². The number of aryl methyl sites for hydroxylation is 1. The van der Waals surface area contributed by atoms with Crippen molar-refractivity contribution in [3.63, 3.8) is 0 Å². The molecule has 2 aromatic heterocycles. The summed E-state index contributed by atoms with van der Waals surface area (Å²) in [6.07, 6.45) is 2.30. The highest BCUT2D eigenvalue weighted by Crippen LogP contribution is 2.22. The number of oxazole rings is 1. The minimum Gasteiger partial charge on any atom is -0.440 e. The van der Waals surface area contributed by atoms with E-state index in [0.29, 0.717) is 18.1 Å². The first-order chi connectivity index (χ1) is 13.4. The number of nitrogens with zero attached hydrogens (tertiary/aromatic N) is 2. The molecule has 0 saturated heterocycles. The van der Waals surface area contributed by atoms with Crippen molar-refractivity contribution in [1.82, 2.24) is 14.7 Å². The molecule has 0 radical (unpaired) electrons. The van der Waals surface area contributed by atoms with Gasteiger partial charge in [-0.15, -0.1) is 0 Å². The Balaban J connectivity index is 1.67. The molecule has 0 aliphatic heterocycles. The van der Waals surface area contributed by atoms with Gasteiger partial charge >= 0.3 is 0 Å². The Bertz CT molecular complexity index is 1010. The first-order valence-corrected chi connectivity index (χ1v) is 10.1. The summed E-state index contributed by atoms with van der Waals surface area (Å²) < 4.78 is 32.2. The van der Waals surface area contributed by atoms with Gasteiger partial charge in [0.05, 0.1) is 25.3 Å². The van der Waals surface area contributed by atoms with Gasteiger partial charge in [-0.25, -0.2) is 23.1 Å². The summed E-state index contributed by atoms with van der Waals surface area (Å²) in [6, 6.07) is 10.9. The van der Waals surface area contributed by atoms with E-state index in [9.17, 15) is 13.5 Å². The second-order valence-electron chi connectivity index (χ2n) is 6.35. The van der Waals surface area contributed by atoms with Gasteiger partial charge in [0.2, 0.25) is 0 Å². The average Bonchev–Trinajstić information content (AvgIpc) is 3.15. The zero-order valence-electron chi connectivity index (χ0n) is 15.2. The van der Waals surface area contributed by atoms with Gasteiger partial charge in [0.1, 0.15) is 0 Å². The first-order valence-electron chi connectivity index (χ1n) is 8.62. The molecule has 3 rings (SSSR count). The fourth-order valence-electron chi connectivity index (χ4n) is 2.44. The normalized spacial score (nSPS) is 12.8. The lowest BCUT2D eigenvalue weighted by Crippen LogP contribution is -2.34. The van der Waals surface area contributed by atoms with Crippen molar-refractivity contribution in [3.8, 4) is 11.3 Å². The van der Waals surface area contributed by atoms with Gasteiger partial charge in [-0.2, -0.15) is 0 Å². The highest BCUT2D eigenvalue weighted by atomic mass is 32.2. The predicted octanol–water partition coefficient (Wildman–Crippen LogP) is 1.27. The van der Waals surface area contributed by atoms with E-state index < -0.39 is 22.7 Å². The van der Waals surface area contributed by atoms with Crippen molar-refractivity contribution in [2.24, 2.45) is 0 Å². The monoisotopic (exact) mass is 403 g/mol. The van der Waals surface area contributed by atoms with Crippen LogP contribution in [0.2, 0.25) is 0 Å². The molecule has 2 heterocycles. The van der Waals surface area contributed by atoms with Crippen molar-refractivity contribution < 1.29 is 23.0 Å². The number of hydrogen-bond donors (Lipinski definition) is 3. The maximum Gasteiger partial charge on any atom is 0.258 e. The average molecular weight is 403 g/mol. The van der Waals surface area contributed by atoms with Crippen molar-refractivity contribution in [3.05, 3.63) is 65.8 Å². The molecule has 0 bridgehead atoms. The topological polar surface area (TPSA) is 126 Å². The molecule has 0 saturated carbocycles. The van der Waals surface area contributed by atoms with Gasteiger partial charge in [-0.1, -0.05) is 35.9 Å². The molecule has 0 aliphatic rings. The molecule has 1 atom stereocenters. The maximum atomic E-state index is 12.1. The number of aromatic nitrogens is 2. The molecule has 3 aromatic rings. The van der Waals surface area contributed by atoms with Crippen LogP contribution in [-0.4, -0.2) is 47.9 Å². The predicted molar refractivity (Wildman–Crippen MR) is 102 cm³/mol. The molecule has 0 aliphatic carbocycles. The van der Waals surface area contributed by atoms with E-state index in [2.05, 4.69) is 14.7 Å². The molecule has 1 unspecified atom stereocenters. The van der Waals surface area contributed by atoms with E-state index in [1.807, 2.05) is 31.2 Å². The highest BCUT2D eigenvalue weighted by molar-refractivity contribution is 7.89. The largest absolute Gasteiger partial charge is 0.440 e. The number of rotatable bonds is 8. The van der Waals surface area contributed by atoms with Crippen LogP contribution in [0.25, 0.3) is 11.3 Å². The minimum absolute atomic E-state index is 0.172. The number of benzene rings is 1.